The topological polar surface area (TPSA) is 35.5 Å². The number of hydrogen-bond donors (Lipinski definition) is 0. The molecule has 98 valence electrons. The number of carbonyl (C=O) groups excluding carboxylic acids is 1. The first-order valence-corrected chi connectivity index (χ1v) is 6.22. The van der Waals surface area contributed by atoms with Crippen molar-refractivity contribution in [3.63, 3.8) is 0 Å². The maximum atomic E-state index is 10.5. The second kappa shape index (κ2) is 6.81. The average molecular weight is 277 g/mol. The molecule has 0 aliphatic heterocycles. The minimum absolute atomic E-state index is 0.434. The van der Waals surface area contributed by atoms with E-state index in [9.17, 15) is 4.79 Å². The van der Waals surface area contributed by atoms with Crippen LogP contribution in [0.15, 0.2) is 48.5 Å². The Morgan fingerprint density at radius 3 is 1.79 bits per heavy atom. The van der Waals surface area contributed by atoms with E-state index in [0.29, 0.717) is 29.5 Å². The highest BCUT2D eigenvalue weighted by molar-refractivity contribution is 6.30. The molecule has 0 radical (unpaired) electrons. The van der Waals surface area contributed by atoms with Gasteiger partial charge in [0.15, 0.2) is 0 Å². The second-order valence-corrected chi connectivity index (χ2v) is 4.27. The smallest absolute Gasteiger partial charge is 0.150 e. The predicted molar refractivity (Wildman–Crippen MR) is 74.3 cm³/mol. The molecule has 0 fully saturated rings. The lowest BCUT2D eigenvalue weighted by molar-refractivity contribution is 0.112. The van der Waals surface area contributed by atoms with E-state index in [2.05, 4.69) is 0 Å². The van der Waals surface area contributed by atoms with Crippen LogP contribution in [0.2, 0.25) is 5.02 Å². The Morgan fingerprint density at radius 1 is 0.842 bits per heavy atom. The van der Waals surface area contributed by atoms with Crippen LogP contribution >= 0.6 is 11.6 Å². The number of halogens is 1. The van der Waals surface area contributed by atoms with Crippen molar-refractivity contribution in [3.8, 4) is 11.5 Å². The first-order valence-electron chi connectivity index (χ1n) is 5.84. The maximum Gasteiger partial charge on any atom is 0.150 e. The molecule has 0 aliphatic carbocycles. The summed E-state index contributed by atoms with van der Waals surface area (Å²) >= 11 is 5.77. The summed E-state index contributed by atoms with van der Waals surface area (Å²) < 4.78 is 11.0. The van der Waals surface area contributed by atoms with Crippen molar-refractivity contribution in [1.82, 2.24) is 0 Å². The zero-order valence-corrected chi connectivity index (χ0v) is 11.0. The molecule has 19 heavy (non-hydrogen) atoms. The van der Waals surface area contributed by atoms with E-state index in [-0.39, 0.29) is 0 Å². The summed E-state index contributed by atoms with van der Waals surface area (Å²) in [6.45, 7) is 0.875. The zero-order valence-electron chi connectivity index (χ0n) is 10.2. The fraction of sp³-hybridized carbons (Fsp3) is 0.133. The van der Waals surface area contributed by atoms with Crippen LogP contribution in [0.25, 0.3) is 0 Å². The van der Waals surface area contributed by atoms with Gasteiger partial charge in [0.05, 0.1) is 0 Å². The normalized spacial score (nSPS) is 9.95. The molecular formula is C15H13ClO3. The second-order valence-electron chi connectivity index (χ2n) is 3.84. The number of ether oxygens (including phenoxy) is 2. The van der Waals surface area contributed by atoms with Gasteiger partial charge in [-0.05, 0) is 48.5 Å². The first kappa shape index (κ1) is 13.4. The van der Waals surface area contributed by atoms with Crippen LogP contribution in [0.5, 0.6) is 11.5 Å². The van der Waals surface area contributed by atoms with Crippen molar-refractivity contribution >= 4 is 17.9 Å². The van der Waals surface area contributed by atoms with E-state index in [0.717, 1.165) is 12.0 Å². The molecule has 0 aromatic heterocycles. The zero-order chi connectivity index (χ0) is 13.5. The van der Waals surface area contributed by atoms with Crippen molar-refractivity contribution in [2.24, 2.45) is 0 Å². The molecule has 0 unspecified atom stereocenters. The quantitative estimate of drug-likeness (QED) is 0.597. The molecule has 2 rings (SSSR count). The van der Waals surface area contributed by atoms with Gasteiger partial charge in [-0.2, -0.15) is 0 Å². The Balaban J connectivity index is 1.74. The largest absolute Gasteiger partial charge is 0.490 e. The molecular weight excluding hydrogens is 264 g/mol. The third-order valence-electron chi connectivity index (χ3n) is 2.45. The maximum absolute atomic E-state index is 10.5. The molecule has 0 atom stereocenters. The SMILES string of the molecule is O=Cc1ccc(OCCOc2ccc(Cl)cc2)cc1. The van der Waals surface area contributed by atoms with E-state index in [1.165, 1.54) is 0 Å². The Morgan fingerprint density at radius 2 is 1.32 bits per heavy atom. The van der Waals surface area contributed by atoms with Gasteiger partial charge in [0.1, 0.15) is 31.0 Å². The molecule has 0 spiro atoms. The Hall–Kier alpha value is -2.00. The minimum atomic E-state index is 0.434. The molecule has 0 saturated heterocycles. The van der Waals surface area contributed by atoms with Gasteiger partial charge in [0, 0.05) is 10.6 Å². The van der Waals surface area contributed by atoms with E-state index >= 15 is 0 Å². The Labute approximate surface area is 116 Å². The number of carbonyl (C=O) groups is 1. The van der Waals surface area contributed by atoms with Gasteiger partial charge in [0.25, 0.3) is 0 Å². The van der Waals surface area contributed by atoms with E-state index in [1.54, 1.807) is 48.5 Å². The van der Waals surface area contributed by atoms with E-state index in [1.807, 2.05) is 0 Å². The lowest BCUT2D eigenvalue weighted by atomic mass is 10.2. The van der Waals surface area contributed by atoms with Crippen LogP contribution in [0.1, 0.15) is 10.4 Å². The lowest BCUT2D eigenvalue weighted by Gasteiger charge is -2.08. The van der Waals surface area contributed by atoms with Crippen molar-refractivity contribution < 1.29 is 14.3 Å². The van der Waals surface area contributed by atoms with Gasteiger partial charge in [-0.3, -0.25) is 4.79 Å². The highest BCUT2D eigenvalue weighted by Gasteiger charge is 1.96. The van der Waals surface area contributed by atoms with Crippen LogP contribution < -0.4 is 9.47 Å². The predicted octanol–water partition coefficient (Wildman–Crippen LogP) is 3.61. The molecule has 0 aliphatic rings. The molecule has 2 aromatic carbocycles. The van der Waals surface area contributed by atoms with Crippen LogP contribution in [-0.2, 0) is 0 Å². The summed E-state index contributed by atoms with van der Waals surface area (Å²) in [4.78, 5) is 10.5. The molecule has 0 saturated carbocycles. The third kappa shape index (κ3) is 4.30. The molecule has 0 heterocycles. The number of hydrogen-bond acceptors (Lipinski definition) is 3. The fourth-order valence-corrected chi connectivity index (χ4v) is 1.62. The van der Waals surface area contributed by atoms with Crippen LogP contribution in [0.3, 0.4) is 0 Å². The number of rotatable bonds is 6. The number of benzene rings is 2. The van der Waals surface area contributed by atoms with Crippen LogP contribution in [0.4, 0.5) is 0 Å². The number of aldehydes is 1. The van der Waals surface area contributed by atoms with Gasteiger partial charge in [-0.25, -0.2) is 0 Å². The minimum Gasteiger partial charge on any atom is -0.490 e. The molecule has 3 nitrogen and oxygen atoms in total. The average Bonchev–Trinajstić information content (AvgIpc) is 2.46. The van der Waals surface area contributed by atoms with Crippen molar-refractivity contribution in [2.45, 2.75) is 0 Å². The summed E-state index contributed by atoms with van der Waals surface area (Å²) in [5, 5.41) is 0.680. The van der Waals surface area contributed by atoms with E-state index < -0.39 is 0 Å². The monoisotopic (exact) mass is 276 g/mol. The summed E-state index contributed by atoms with van der Waals surface area (Å²) in [6, 6.07) is 14.1. The van der Waals surface area contributed by atoms with E-state index in [4.69, 9.17) is 21.1 Å². The summed E-state index contributed by atoms with van der Waals surface area (Å²) in [5.41, 5.74) is 0.629. The molecule has 4 heteroatoms. The molecule has 2 aromatic rings. The molecule has 0 N–H and O–H groups in total. The van der Waals surface area contributed by atoms with Crippen molar-refractivity contribution in [2.75, 3.05) is 13.2 Å². The highest BCUT2D eigenvalue weighted by Crippen LogP contribution is 2.15. The fourth-order valence-electron chi connectivity index (χ4n) is 1.49. The lowest BCUT2D eigenvalue weighted by Crippen LogP contribution is -2.08. The van der Waals surface area contributed by atoms with Crippen molar-refractivity contribution in [1.29, 1.82) is 0 Å². The van der Waals surface area contributed by atoms with Gasteiger partial charge in [-0.15, -0.1) is 0 Å². The van der Waals surface area contributed by atoms with Crippen molar-refractivity contribution in [3.05, 3.63) is 59.1 Å². The standard InChI is InChI=1S/C15H13ClO3/c16-13-3-7-15(8-4-13)19-10-9-18-14-5-1-12(11-17)2-6-14/h1-8,11H,9-10H2. The summed E-state index contributed by atoms with van der Waals surface area (Å²) in [7, 11) is 0. The summed E-state index contributed by atoms with van der Waals surface area (Å²) in [6.07, 6.45) is 0.799. The van der Waals surface area contributed by atoms with Crippen LogP contribution in [-0.4, -0.2) is 19.5 Å². The highest BCUT2D eigenvalue weighted by atomic mass is 35.5. The van der Waals surface area contributed by atoms with Gasteiger partial charge in [0.2, 0.25) is 0 Å². The van der Waals surface area contributed by atoms with Gasteiger partial charge < -0.3 is 9.47 Å². The Kier molecular flexibility index (Phi) is 4.81. The third-order valence-corrected chi connectivity index (χ3v) is 2.70. The first-order chi connectivity index (χ1) is 9.28. The van der Waals surface area contributed by atoms with Gasteiger partial charge in [-0.1, -0.05) is 11.6 Å². The molecule has 0 bridgehead atoms. The van der Waals surface area contributed by atoms with Gasteiger partial charge >= 0.3 is 0 Å². The molecule has 0 amide bonds. The summed E-state index contributed by atoms with van der Waals surface area (Å²) in [5.74, 6) is 1.47. The Bertz CT molecular complexity index is 520. The van der Waals surface area contributed by atoms with Crippen LogP contribution in [0, 0.1) is 0 Å².